The summed E-state index contributed by atoms with van der Waals surface area (Å²) in [6, 6.07) is 0. The smallest absolute Gasteiger partial charge is 0.318 e. The second kappa shape index (κ2) is 8.44. The van der Waals surface area contributed by atoms with Crippen molar-refractivity contribution in [2.24, 2.45) is 0 Å². The van der Waals surface area contributed by atoms with Crippen LogP contribution in [0.15, 0.2) is 0 Å². The molecular weight excluding hydrogens is 256 g/mol. The van der Waals surface area contributed by atoms with Crippen LogP contribution in [0.25, 0.3) is 0 Å². The molecule has 0 amide bonds. The van der Waals surface area contributed by atoms with Gasteiger partial charge in [-0.25, -0.2) is 0 Å². The van der Waals surface area contributed by atoms with Crippen LogP contribution in [0.4, 0.5) is 0 Å². The third-order valence-corrected chi connectivity index (χ3v) is 4.37. The average molecular weight is 280 g/mol. The summed E-state index contributed by atoms with van der Waals surface area (Å²) in [6.07, 6.45) is 2.02. The van der Waals surface area contributed by atoms with Crippen molar-refractivity contribution in [3.63, 3.8) is 0 Å². The summed E-state index contributed by atoms with van der Waals surface area (Å²) >= 11 is 0. The van der Waals surface area contributed by atoms with E-state index in [1.165, 1.54) is 4.31 Å². The summed E-state index contributed by atoms with van der Waals surface area (Å²) in [7, 11) is -3.66. The monoisotopic (exact) mass is 280 g/mol. The number of carboxylic acid groups (broad SMARTS) is 1. The van der Waals surface area contributed by atoms with Crippen molar-refractivity contribution in [1.82, 2.24) is 8.61 Å². The van der Waals surface area contributed by atoms with Gasteiger partial charge in [-0.2, -0.15) is 17.0 Å². The molecule has 0 aliphatic rings. The molecule has 108 valence electrons. The van der Waals surface area contributed by atoms with E-state index in [1.807, 2.05) is 20.8 Å². The third-order valence-electron chi connectivity index (χ3n) is 2.38. The summed E-state index contributed by atoms with van der Waals surface area (Å²) < 4.78 is 27.1. The minimum atomic E-state index is -3.66. The molecule has 0 aliphatic heterocycles. The number of aliphatic carboxylic acids is 1. The first kappa shape index (κ1) is 17.3. The zero-order valence-corrected chi connectivity index (χ0v) is 12.2. The van der Waals surface area contributed by atoms with Crippen LogP contribution in [0, 0.1) is 0 Å². The predicted molar refractivity (Wildman–Crippen MR) is 70.6 cm³/mol. The largest absolute Gasteiger partial charge is 0.480 e. The Morgan fingerprint density at radius 3 is 1.67 bits per heavy atom. The van der Waals surface area contributed by atoms with Gasteiger partial charge in [0.05, 0.1) is 0 Å². The molecule has 0 rings (SSSR count). The van der Waals surface area contributed by atoms with Gasteiger partial charge in [-0.05, 0) is 19.3 Å². The normalized spacial score (nSPS) is 12.3. The van der Waals surface area contributed by atoms with E-state index < -0.39 is 22.7 Å². The number of hydrogen-bond donors (Lipinski definition) is 1. The van der Waals surface area contributed by atoms with E-state index in [2.05, 4.69) is 0 Å². The van der Waals surface area contributed by atoms with Gasteiger partial charge in [0, 0.05) is 19.6 Å². The van der Waals surface area contributed by atoms with Crippen molar-refractivity contribution in [3.8, 4) is 0 Å². The standard InChI is InChI=1S/C11H24N2O4S/c1-4-7-12(8-5-2)18(16,17)13(9-6-3)10-11(14)15/h4-10H2,1-3H3,(H,14,15). The second-order valence-electron chi connectivity index (χ2n) is 4.13. The topological polar surface area (TPSA) is 77.9 Å². The van der Waals surface area contributed by atoms with Gasteiger partial charge in [-0.15, -0.1) is 0 Å². The van der Waals surface area contributed by atoms with Gasteiger partial charge in [0.1, 0.15) is 6.54 Å². The van der Waals surface area contributed by atoms with E-state index >= 15 is 0 Å². The fraction of sp³-hybridized carbons (Fsp3) is 0.909. The summed E-state index contributed by atoms with van der Waals surface area (Å²) in [6.45, 7) is 6.25. The lowest BCUT2D eigenvalue weighted by Gasteiger charge is -2.28. The van der Waals surface area contributed by atoms with Crippen LogP contribution in [0.2, 0.25) is 0 Å². The molecule has 0 saturated heterocycles. The molecule has 0 spiro atoms. The van der Waals surface area contributed by atoms with Gasteiger partial charge in [0.25, 0.3) is 10.2 Å². The molecule has 0 atom stereocenters. The van der Waals surface area contributed by atoms with Crippen LogP contribution >= 0.6 is 0 Å². The second-order valence-corrected chi connectivity index (χ2v) is 6.06. The number of hydrogen-bond acceptors (Lipinski definition) is 3. The Morgan fingerprint density at radius 1 is 0.944 bits per heavy atom. The van der Waals surface area contributed by atoms with Gasteiger partial charge < -0.3 is 5.11 Å². The third kappa shape index (κ3) is 5.32. The molecule has 6 nitrogen and oxygen atoms in total. The summed E-state index contributed by atoms with van der Waals surface area (Å²) in [5, 5.41) is 8.79. The van der Waals surface area contributed by atoms with Crippen molar-refractivity contribution in [1.29, 1.82) is 0 Å². The van der Waals surface area contributed by atoms with Crippen molar-refractivity contribution in [3.05, 3.63) is 0 Å². The highest BCUT2D eigenvalue weighted by molar-refractivity contribution is 7.86. The molecule has 0 aromatic carbocycles. The zero-order chi connectivity index (χ0) is 14.2. The van der Waals surface area contributed by atoms with Gasteiger partial charge in [-0.1, -0.05) is 20.8 Å². The molecule has 0 saturated carbocycles. The number of carbonyl (C=O) groups is 1. The van der Waals surface area contributed by atoms with Crippen molar-refractivity contribution >= 4 is 16.2 Å². The molecule has 7 heteroatoms. The lowest BCUT2D eigenvalue weighted by molar-refractivity contribution is -0.137. The SMILES string of the molecule is CCCN(CCC)S(=O)(=O)N(CCC)CC(=O)O. The van der Waals surface area contributed by atoms with E-state index in [0.717, 1.165) is 4.31 Å². The van der Waals surface area contributed by atoms with Crippen LogP contribution in [-0.4, -0.2) is 54.3 Å². The molecule has 0 heterocycles. The lowest BCUT2D eigenvalue weighted by atomic mass is 10.4. The van der Waals surface area contributed by atoms with E-state index in [-0.39, 0.29) is 6.54 Å². The predicted octanol–water partition coefficient (Wildman–Crippen LogP) is 1.15. The van der Waals surface area contributed by atoms with Crippen molar-refractivity contribution < 1.29 is 18.3 Å². The maximum absolute atomic E-state index is 12.3. The fourth-order valence-corrected chi connectivity index (χ4v) is 3.52. The van der Waals surface area contributed by atoms with E-state index in [0.29, 0.717) is 32.4 Å². The fourth-order valence-electron chi connectivity index (χ4n) is 1.68. The maximum atomic E-state index is 12.3. The minimum Gasteiger partial charge on any atom is -0.480 e. The van der Waals surface area contributed by atoms with E-state index in [4.69, 9.17) is 5.11 Å². The molecule has 0 unspecified atom stereocenters. The Balaban J connectivity index is 5.03. The molecule has 0 aromatic rings. The first-order chi connectivity index (χ1) is 8.39. The van der Waals surface area contributed by atoms with Crippen LogP contribution in [-0.2, 0) is 15.0 Å². The van der Waals surface area contributed by atoms with Gasteiger partial charge in [0.2, 0.25) is 0 Å². The Labute approximate surface area is 110 Å². The number of nitrogens with zero attached hydrogens (tertiary/aromatic N) is 2. The lowest BCUT2D eigenvalue weighted by Crippen LogP contribution is -2.46. The molecule has 18 heavy (non-hydrogen) atoms. The van der Waals surface area contributed by atoms with Gasteiger partial charge in [-0.3, -0.25) is 4.79 Å². The first-order valence-electron chi connectivity index (χ1n) is 6.37. The van der Waals surface area contributed by atoms with E-state index in [9.17, 15) is 13.2 Å². The average Bonchev–Trinajstić information content (AvgIpc) is 2.27. The van der Waals surface area contributed by atoms with Crippen LogP contribution < -0.4 is 0 Å². The highest BCUT2D eigenvalue weighted by atomic mass is 32.2. The van der Waals surface area contributed by atoms with Crippen molar-refractivity contribution in [2.75, 3.05) is 26.2 Å². The maximum Gasteiger partial charge on any atom is 0.318 e. The molecule has 0 fully saturated rings. The van der Waals surface area contributed by atoms with E-state index in [1.54, 1.807) is 0 Å². The number of carboxylic acids is 1. The van der Waals surface area contributed by atoms with Crippen LogP contribution in [0.3, 0.4) is 0 Å². The minimum absolute atomic E-state index is 0.235. The van der Waals surface area contributed by atoms with Crippen LogP contribution in [0.5, 0.6) is 0 Å². The summed E-state index contributed by atoms with van der Waals surface area (Å²) in [4.78, 5) is 10.7. The molecule has 0 aromatic heterocycles. The molecular formula is C11H24N2O4S. The summed E-state index contributed by atoms with van der Waals surface area (Å²) in [5.41, 5.74) is 0. The van der Waals surface area contributed by atoms with Crippen molar-refractivity contribution in [2.45, 2.75) is 40.0 Å². The Hall–Kier alpha value is -0.660. The first-order valence-corrected chi connectivity index (χ1v) is 7.76. The summed E-state index contributed by atoms with van der Waals surface area (Å²) in [5.74, 6) is -1.13. The number of rotatable bonds is 10. The molecule has 0 aliphatic carbocycles. The van der Waals surface area contributed by atoms with Crippen LogP contribution in [0.1, 0.15) is 40.0 Å². The molecule has 0 radical (unpaired) electrons. The highest BCUT2D eigenvalue weighted by Gasteiger charge is 2.29. The Kier molecular flexibility index (Phi) is 8.13. The molecule has 0 bridgehead atoms. The van der Waals surface area contributed by atoms with Gasteiger partial charge >= 0.3 is 5.97 Å². The quantitative estimate of drug-likeness (QED) is 0.651. The Bertz CT molecular complexity index is 337. The molecule has 1 N–H and O–H groups in total. The highest BCUT2D eigenvalue weighted by Crippen LogP contribution is 2.10. The zero-order valence-electron chi connectivity index (χ0n) is 11.4. The Morgan fingerprint density at radius 2 is 1.33 bits per heavy atom. The van der Waals surface area contributed by atoms with Gasteiger partial charge in [0.15, 0.2) is 0 Å².